The Morgan fingerprint density at radius 2 is 1.73 bits per heavy atom. The second kappa shape index (κ2) is 6.85. The maximum Gasteiger partial charge on any atom is 0.180 e. The van der Waals surface area contributed by atoms with E-state index < -0.39 is 28.1 Å². The van der Waals surface area contributed by atoms with Gasteiger partial charge in [-0.2, -0.15) is 0 Å². The lowest BCUT2D eigenvalue weighted by Crippen LogP contribution is -2.10. The Morgan fingerprint density at radius 3 is 2.36 bits per heavy atom. The van der Waals surface area contributed by atoms with Crippen LogP contribution in [0, 0.1) is 11.6 Å². The van der Waals surface area contributed by atoms with Crippen molar-refractivity contribution in [1.29, 1.82) is 0 Å². The molecule has 0 aliphatic heterocycles. The van der Waals surface area contributed by atoms with Crippen LogP contribution in [0.15, 0.2) is 47.4 Å². The monoisotopic (exact) mass is 327 g/mol. The number of sulfone groups is 1. The first-order valence-corrected chi connectivity index (χ1v) is 8.19. The van der Waals surface area contributed by atoms with Gasteiger partial charge in [-0.15, -0.1) is 0 Å². The van der Waals surface area contributed by atoms with E-state index in [1.165, 1.54) is 24.3 Å². The van der Waals surface area contributed by atoms with Crippen LogP contribution in [0.1, 0.15) is 5.56 Å². The summed E-state index contributed by atoms with van der Waals surface area (Å²) in [6, 6.07) is 9.05. The van der Waals surface area contributed by atoms with Gasteiger partial charge in [0.15, 0.2) is 9.84 Å². The zero-order valence-electron chi connectivity index (χ0n) is 11.6. The summed E-state index contributed by atoms with van der Waals surface area (Å²) in [5, 5.41) is 11.6. The highest BCUT2D eigenvalue weighted by Crippen LogP contribution is 2.17. The smallest absolute Gasteiger partial charge is 0.180 e. The van der Waals surface area contributed by atoms with Crippen molar-refractivity contribution in [2.24, 2.45) is 0 Å². The molecule has 2 aromatic carbocycles. The van der Waals surface area contributed by atoms with Crippen molar-refractivity contribution in [2.45, 2.75) is 11.4 Å². The summed E-state index contributed by atoms with van der Waals surface area (Å²) in [7, 11) is -3.49. The number of anilines is 1. The summed E-state index contributed by atoms with van der Waals surface area (Å²) in [5.74, 6) is -1.38. The summed E-state index contributed by atoms with van der Waals surface area (Å²) >= 11 is 0. The molecule has 2 aromatic rings. The molecule has 0 aromatic heterocycles. The Morgan fingerprint density at radius 1 is 1.05 bits per heavy atom. The van der Waals surface area contributed by atoms with Gasteiger partial charge >= 0.3 is 0 Å². The van der Waals surface area contributed by atoms with E-state index >= 15 is 0 Å². The van der Waals surface area contributed by atoms with Gasteiger partial charge in [-0.25, -0.2) is 17.2 Å². The summed E-state index contributed by atoms with van der Waals surface area (Å²) in [6.07, 6.45) is 0. The van der Waals surface area contributed by atoms with E-state index in [0.29, 0.717) is 5.69 Å². The van der Waals surface area contributed by atoms with Crippen molar-refractivity contribution in [3.05, 3.63) is 59.7 Å². The second-order valence-corrected chi connectivity index (χ2v) is 6.77. The molecule has 4 nitrogen and oxygen atoms in total. The van der Waals surface area contributed by atoms with Crippen molar-refractivity contribution in [2.75, 3.05) is 17.7 Å². The number of hydrogen-bond donors (Lipinski definition) is 2. The summed E-state index contributed by atoms with van der Waals surface area (Å²) in [5.41, 5.74) is 0.753. The number of halogens is 2. The highest BCUT2D eigenvalue weighted by Gasteiger charge is 2.13. The van der Waals surface area contributed by atoms with Gasteiger partial charge in [-0.05, 0) is 42.5 Å². The molecule has 0 radical (unpaired) electrons. The van der Waals surface area contributed by atoms with Gasteiger partial charge in [-0.3, -0.25) is 0 Å². The van der Waals surface area contributed by atoms with Crippen LogP contribution in [0.25, 0.3) is 0 Å². The topological polar surface area (TPSA) is 66.4 Å². The number of nitrogens with one attached hydrogen (secondary N) is 1. The van der Waals surface area contributed by atoms with Crippen molar-refractivity contribution >= 4 is 15.5 Å². The molecule has 0 aliphatic carbocycles. The Hall–Kier alpha value is -1.99. The van der Waals surface area contributed by atoms with Crippen LogP contribution in [-0.2, 0) is 16.4 Å². The SMILES string of the molecule is O=S(=O)(CCO)c1ccc(NCc2cc(F)ccc2F)cc1. The fraction of sp³-hybridized carbons (Fsp3) is 0.200. The van der Waals surface area contributed by atoms with Crippen LogP contribution in [0.5, 0.6) is 0 Å². The minimum Gasteiger partial charge on any atom is -0.395 e. The molecule has 2 rings (SSSR count). The number of aliphatic hydroxyl groups excluding tert-OH is 1. The minimum absolute atomic E-state index is 0.0757. The third kappa shape index (κ3) is 4.02. The van der Waals surface area contributed by atoms with Gasteiger partial charge < -0.3 is 10.4 Å². The van der Waals surface area contributed by atoms with Crippen LogP contribution in [0.4, 0.5) is 14.5 Å². The predicted octanol–water partition coefficient (Wildman–Crippen LogP) is 2.34. The zero-order valence-corrected chi connectivity index (χ0v) is 12.4. The third-order valence-electron chi connectivity index (χ3n) is 3.06. The third-order valence-corrected chi connectivity index (χ3v) is 4.77. The Kier molecular flexibility index (Phi) is 5.10. The predicted molar refractivity (Wildman–Crippen MR) is 79.3 cm³/mol. The molecule has 22 heavy (non-hydrogen) atoms. The maximum atomic E-state index is 13.5. The Bertz CT molecular complexity index is 746. The molecule has 0 saturated carbocycles. The van der Waals surface area contributed by atoms with Gasteiger partial charge in [0.25, 0.3) is 0 Å². The van der Waals surface area contributed by atoms with Crippen LogP contribution < -0.4 is 5.32 Å². The van der Waals surface area contributed by atoms with Gasteiger partial charge in [0.1, 0.15) is 11.6 Å². The van der Waals surface area contributed by atoms with E-state index in [-0.39, 0.29) is 22.8 Å². The standard InChI is InChI=1S/C15H15F2NO3S/c16-12-1-6-15(17)11(9-12)10-18-13-2-4-14(5-3-13)22(20,21)8-7-19/h1-6,9,18-19H,7-8,10H2. The van der Waals surface area contributed by atoms with Crippen molar-refractivity contribution < 1.29 is 22.3 Å². The van der Waals surface area contributed by atoms with Gasteiger partial charge in [0.05, 0.1) is 17.3 Å². The highest BCUT2D eigenvalue weighted by molar-refractivity contribution is 7.91. The summed E-state index contributed by atoms with van der Waals surface area (Å²) in [4.78, 5) is 0.101. The molecule has 0 unspecified atom stereocenters. The molecule has 118 valence electrons. The summed E-state index contributed by atoms with van der Waals surface area (Å²) in [6.45, 7) is -0.368. The van der Waals surface area contributed by atoms with Crippen molar-refractivity contribution in [3.8, 4) is 0 Å². The highest BCUT2D eigenvalue weighted by atomic mass is 32.2. The molecule has 0 atom stereocenters. The number of rotatable bonds is 6. The largest absolute Gasteiger partial charge is 0.395 e. The van der Waals surface area contributed by atoms with Crippen LogP contribution in [0.2, 0.25) is 0 Å². The Labute approximate surface area is 127 Å². The van der Waals surface area contributed by atoms with E-state index in [9.17, 15) is 17.2 Å². The fourth-order valence-corrected chi connectivity index (χ4v) is 2.92. The first-order valence-electron chi connectivity index (χ1n) is 6.54. The molecule has 7 heteroatoms. The molecular formula is C15H15F2NO3S. The molecule has 0 amide bonds. The summed E-state index contributed by atoms with van der Waals surface area (Å²) < 4.78 is 50.0. The molecule has 0 heterocycles. The van der Waals surface area contributed by atoms with Gasteiger partial charge in [0, 0.05) is 17.8 Å². The number of hydrogen-bond acceptors (Lipinski definition) is 4. The maximum absolute atomic E-state index is 13.5. The first kappa shape index (κ1) is 16.4. The second-order valence-electron chi connectivity index (χ2n) is 4.66. The average molecular weight is 327 g/mol. The molecule has 0 saturated heterocycles. The van der Waals surface area contributed by atoms with Gasteiger partial charge in [-0.1, -0.05) is 0 Å². The van der Waals surface area contributed by atoms with Crippen LogP contribution in [-0.4, -0.2) is 25.9 Å². The van der Waals surface area contributed by atoms with E-state index in [1.54, 1.807) is 0 Å². The number of aliphatic hydroxyl groups is 1. The lowest BCUT2D eigenvalue weighted by Gasteiger charge is -2.09. The molecule has 2 N–H and O–H groups in total. The van der Waals surface area contributed by atoms with E-state index in [0.717, 1.165) is 18.2 Å². The van der Waals surface area contributed by atoms with Gasteiger partial charge in [0.2, 0.25) is 0 Å². The normalized spacial score (nSPS) is 11.4. The van der Waals surface area contributed by atoms with Crippen molar-refractivity contribution in [1.82, 2.24) is 0 Å². The van der Waals surface area contributed by atoms with Crippen LogP contribution >= 0.6 is 0 Å². The Balaban J connectivity index is 2.07. The minimum atomic E-state index is -3.49. The zero-order chi connectivity index (χ0) is 16.2. The number of benzene rings is 2. The van der Waals surface area contributed by atoms with E-state index in [2.05, 4.69) is 5.32 Å². The average Bonchev–Trinajstić information content (AvgIpc) is 2.48. The lowest BCUT2D eigenvalue weighted by molar-refractivity contribution is 0.319. The van der Waals surface area contributed by atoms with Crippen molar-refractivity contribution in [3.63, 3.8) is 0 Å². The molecule has 0 fully saturated rings. The first-order chi connectivity index (χ1) is 10.4. The lowest BCUT2D eigenvalue weighted by atomic mass is 10.2. The van der Waals surface area contributed by atoms with Crippen LogP contribution in [0.3, 0.4) is 0 Å². The fourth-order valence-electron chi connectivity index (χ4n) is 1.89. The van der Waals surface area contributed by atoms with E-state index in [4.69, 9.17) is 5.11 Å². The molecule has 0 aliphatic rings. The van der Waals surface area contributed by atoms with E-state index in [1.807, 2.05) is 0 Å². The molecule has 0 bridgehead atoms. The quantitative estimate of drug-likeness (QED) is 0.855. The molecular weight excluding hydrogens is 312 g/mol. The molecule has 0 spiro atoms.